The van der Waals surface area contributed by atoms with Crippen LogP contribution < -0.4 is 4.74 Å². The lowest BCUT2D eigenvalue weighted by Gasteiger charge is -2.21. The molecule has 0 aliphatic carbocycles. The van der Waals surface area contributed by atoms with Gasteiger partial charge in [0.05, 0.1) is 12.0 Å². The van der Waals surface area contributed by atoms with Crippen LogP contribution in [0.25, 0.3) is 11.4 Å². The van der Waals surface area contributed by atoms with E-state index in [1.165, 1.54) is 4.31 Å². The van der Waals surface area contributed by atoms with E-state index >= 15 is 0 Å². The maximum atomic E-state index is 13.1. The third-order valence-electron chi connectivity index (χ3n) is 4.87. The molecule has 2 heterocycles. The Hall–Kier alpha value is -2.71. The van der Waals surface area contributed by atoms with Crippen molar-refractivity contribution in [1.29, 1.82) is 0 Å². The minimum Gasteiger partial charge on any atom is -0.497 e. The van der Waals surface area contributed by atoms with E-state index in [-0.39, 0.29) is 4.90 Å². The average molecular weight is 399 g/mol. The molecule has 146 valence electrons. The fourth-order valence-electron chi connectivity index (χ4n) is 3.43. The van der Waals surface area contributed by atoms with Crippen LogP contribution in [-0.2, 0) is 10.0 Å². The van der Waals surface area contributed by atoms with E-state index in [1.54, 1.807) is 31.4 Å². The molecule has 0 saturated carbocycles. The van der Waals surface area contributed by atoms with Crippen LogP contribution in [0.1, 0.15) is 30.3 Å². The van der Waals surface area contributed by atoms with Gasteiger partial charge in [-0.2, -0.15) is 9.29 Å². The second kappa shape index (κ2) is 7.37. The van der Waals surface area contributed by atoms with Crippen molar-refractivity contribution < 1.29 is 17.7 Å². The van der Waals surface area contributed by atoms with E-state index in [2.05, 4.69) is 10.1 Å². The molecule has 3 aromatic rings. The number of methoxy groups -OCH3 is 1. The van der Waals surface area contributed by atoms with Crippen LogP contribution in [0.5, 0.6) is 5.75 Å². The quantitative estimate of drug-likeness (QED) is 0.652. The summed E-state index contributed by atoms with van der Waals surface area (Å²) in [6.07, 6.45) is 1.38. The van der Waals surface area contributed by atoms with Crippen molar-refractivity contribution >= 4 is 10.0 Å². The van der Waals surface area contributed by atoms with E-state index in [1.807, 2.05) is 31.2 Å². The number of hydrogen-bond acceptors (Lipinski definition) is 6. The minimum absolute atomic E-state index is 0.221. The summed E-state index contributed by atoms with van der Waals surface area (Å²) in [5.74, 6) is 1.40. The molecule has 1 aliphatic rings. The number of hydrogen-bond donors (Lipinski definition) is 0. The van der Waals surface area contributed by atoms with Gasteiger partial charge >= 0.3 is 0 Å². The number of aromatic nitrogens is 2. The molecule has 2 aromatic carbocycles. The highest BCUT2D eigenvalue weighted by Crippen LogP contribution is 2.36. The minimum atomic E-state index is -3.67. The monoisotopic (exact) mass is 399 g/mol. The van der Waals surface area contributed by atoms with Gasteiger partial charge in [0.1, 0.15) is 11.8 Å². The van der Waals surface area contributed by atoms with Gasteiger partial charge < -0.3 is 9.26 Å². The second-order valence-electron chi connectivity index (χ2n) is 6.78. The normalized spacial score (nSPS) is 17.7. The first kappa shape index (κ1) is 18.6. The topological polar surface area (TPSA) is 85.5 Å². The predicted molar refractivity (Wildman–Crippen MR) is 103 cm³/mol. The van der Waals surface area contributed by atoms with Crippen LogP contribution in [-0.4, -0.2) is 36.5 Å². The standard InChI is InChI=1S/C20H21N3O4S/c1-14-5-3-6-15(13-14)19-21-20(27-22-19)18-7-4-12-23(18)28(24,25)17-10-8-16(26-2)9-11-17/h3,5-6,8-11,13,18H,4,7,12H2,1-2H3. The number of sulfonamides is 1. The van der Waals surface area contributed by atoms with Gasteiger partial charge in [-0.1, -0.05) is 28.9 Å². The molecule has 7 nitrogen and oxygen atoms in total. The summed E-state index contributed by atoms with van der Waals surface area (Å²) in [4.78, 5) is 4.71. The number of ether oxygens (including phenoxy) is 1. The summed E-state index contributed by atoms with van der Waals surface area (Å²) < 4.78 is 38.3. The highest BCUT2D eigenvalue weighted by molar-refractivity contribution is 7.89. The summed E-state index contributed by atoms with van der Waals surface area (Å²) in [6, 6.07) is 13.7. The highest BCUT2D eigenvalue weighted by atomic mass is 32.2. The van der Waals surface area contributed by atoms with E-state index in [0.717, 1.165) is 17.5 Å². The highest BCUT2D eigenvalue weighted by Gasteiger charge is 2.39. The summed E-state index contributed by atoms with van der Waals surface area (Å²) in [5.41, 5.74) is 1.94. The maximum absolute atomic E-state index is 13.1. The van der Waals surface area contributed by atoms with Gasteiger partial charge in [-0.15, -0.1) is 0 Å². The Morgan fingerprint density at radius 1 is 1.18 bits per heavy atom. The lowest BCUT2D eigenvalue weighted by atomic mass is 10.1. The summed E-state index contributed by atoms with van der Waals surface area (Å²) in [6.45, 7) is 2.41. The third kappa shape index (κ3) is 3.41. The zero-order chi connectivity index (χ0) is 19.7. The van der Waals surface area contributed by atoms with Crippen molar-refractivity contribution in [1.82, 2.24) is 14.4 Å². The smallest absolute Gasteiger partial charge is 0.245 e. The van der Waals surface area contributed by atoms with Crippen molar-refractivity contribution in [2.75, 3.05) is 13.7 Å². The number of rotatable bonds is 5. The lowest BCUT2D eigenvalue weighted by molar-refractivity contribution is 0.290. The van der Waals surface area contributed by atoms with Crippen LogP contribution in [0.2, 0.25) is 0 Å². The molecule has 0 bridgehead atoms. The maximum Gasteiger partial charge on any atom is 0.245 e. The van der Waals surface area contributed by atoms with Crippen molar-refractivity contribution in [3.8, 4) is 17.1 Å². The Kier molecular flexibility index (Phi) is 4.91. The van der Waals surface area contributed by atoms with Gasteiger partial charge in [0.25, 0.3) is 0 Å². The lowest BCUT2D eigenvalue weighted by Crippen LogP contribution is -2.30. The molecule has 0 spiro atoms. The van der Waals surface area contributed by atoms with E-state index in [0.29, 0.717) is 30.4 Å². The Balaban J connectivity index is 1.63. The molecule has 1 unspecified atom stereocenters. The van der Waals surface area contributed by atoms with Crippen LogP contribution in [0.4, 0.5) is 0 Å². The Bertz CT molecular complexity index is 1080. The first-order chi connectivity index (χ1) is 13.5. The number of nitrogens with zero attached hydrogens (tertiary/aromatic N) is 3. The van der Waals surface area contributed by atoms with Crippen molar-refractivity contribution in [2.45, 2.75) is 30.7 Å². The molecular formula is C20H21N3O4S. The first-order valence-electron chi connectivity index (χ1n) is 9.05. The van der Waals surface area contributed by atoms with Crippen LogP contribution in [0.3, 0.4) is 0 Å². The Morgan fingerprint density at radius 3 is 2.68 bits per heavy atom. The van der Waals surface area contributed by atoms with E-state index < -0.39 is 16.1 Å². The van der Waals surface area contributed by atoms with E-state index in [4.69, 9.17) is 9.26 Å². The summed E-state index contributed by atoms with van der Waals surface area (Å²) >= 11 is 0. The fourth-order valence-corrected chi connectivity index (χ4v) is 5.08. The average Bonchev–Trinajstić information content (AvgIpc) is 3.37. The molecule has 1 saturated heterocycles. The van der Waals surface area contributed by atoms with E-state index in [9.17, 15) is 8.42 Å². The third-order valence-corrected chi connectivity index (χ3v) is 6.80. The molecule has 8 heteroatoms. The van der Waals surface area contributed by atoms with Crippen molar-refractivity contribution in [3.05, 3.63) is 60.0 Å². The van der Waals surface area contributed by atoms with Gasteiger partial charge in [-0.25, -0.2) is 8.42 Å². The molecule has 1 aromatic heterocycles. The van der Waals surface area contributed by atoms with Crippen molar-refractivity contribution in [2.24, 2.45) is 0 Å². The van der Waals surface area contributed by atoms with Gasteiger partial charge in [0.15, 0.2) is 0 Å². The number of aryl methyl sites for hydroxylation is 1. The predicted octanol–water partition coefficient (Wildman–Crippen LogP) is 3.58. The zero-order valence-electron chi connectivity index (χ0n) is 15.7. The molecule has 1 atom stereocenters. The SMILES string of the molecule is COc1ccc(S(=O)(=O)N2CCCC2c2nc(-c3cccc(C)c3)no2)cc1. The molecule has 1 fully saturated rings. The van der Waals surface area contributed by atoms with Crippen molar-refractivity contribution in [3.63, 3.8) is 0 Å². The van der Waals surface area contributed by atoms with Crippen LogP contribution in [0.15, 0.2) is 57.9 Å². The van der Waals surface area contributed by atoms with Gasteiger partial charge in [-0.3, -0.25) is 0 Å². The second-order valence-corrected chi connectivity index (χ2v) is 8.67. The number of benzene rings is 2. The van der Waals surface area contributed by atoms with Gasteiger partial charge in [0.2, 0.25) is 21.7 Å². The molecule has 1 aliphatic heterocycles. The molecule has 0 radical (unpaired) electrons. The molecule has 4 rings (SSSR count). The summed E-state index contributed by atoms with van der Waals surface area (Å²) in [5, 5.41) is 4.06. The molecule has 28 heavy (non-hydrogen) atoms. The van der Waals surface area contributed by atoms with Crippen LogP contribution in [0, 0.1) is 6.92 Å². The van der Waals surface area contributed by atoms with Gasteiger partial charge in [-0.05, 0) is 50.1 Å². The Labute approximate surface area is 164 Å². The van der Waals surface area contributed by atoms with Gasteiger partial charge in [0, 0.05) is 12.1 Å². The molecule has 0 amide bonds. The molecular weight excluding hydrogens is 378 g/mol. The largest absolute Gasteiger partial charge is 0.497 e. The Morgan fingerprint density at radius 2 is 1.96 bits per heavy atom. The first-order valence-corrected chi connectivity index (χ1v) is 10.5. The summed E-state index contributed by atoms with van der Waals surface area (Å²) in [7, 11) is -2.13. The molecule has 0 N–H and O–H groups in total. The van der Waals surface area contributed by atoms with Crippen LogP contribution >= 0.6 is 0 Å². The zero-order valence-corrected chi connectivity index (χ0v) is 16.5. The fraction of sp³-hybridized carbons (Fsp3) is 0.300.